The van der Waals surface area contributed by atoms with Crippen LogP contribution >= 0.6 is 15.9 Å². The average molecular weight is 301 g/mol. The second-order valence-electron chi connectivity index (χ2n) is 3.56. The highest BCUT2D eigenvalue weighted by Crippen LogP contribution is 2.15. The van der Waals surface area contributed by atoms with Gasteiger partial charge in [0.15, 0.2) is 0 Å². The number of hydrogen-bond acceptors (Lipinski definition) is 3. The zero-order valence-electron chi connectivity index (χ0n) is 9.40. The molecule has 0 radical (unpaired) electrons. The van der Waals surface area contributed by atoms with Gasteiger partial charge in [-0.05, 0) is 29.7 Å². The van der Waals surface area contributed by atoms with Gasteiger partial charge in [-0.2, -0.15) is 0 Å². The maximum absolute atomic E-state index is 11.4. The molecule has 0 aliphatic carbocycles. The minimum atomic E-state index is -0.853. The number of methoxy groups -OCH3 is 1. The molecule has 0 spiro atoms. The maximum Gasteiger partial charge on any atom is 0.337 e. The van der Waals surface area contributed by atoms with Crippen LogP contribution < -0.4 is 0 Å². The van der Waals surface area contributed by atoms with E-state index in [1.807, 2.05) is 6.07 Å². The molecular formula is C12H13BrO4. The van der Waals surface area contributed by atoms with Crippen molar-refractivity contribution >= 4 is 27.9 Å². The number of aliphatic carboxylic acids is 1. The molecule has 0 bridgehead atoms. The van der Waals surface area contributed by atoms with E-state index in [1.165, 1.54) is 7.11 Å². The highest BCUT2D eigenvalue weighted by molar-refractivity contribution is 9.08. The number of carbonyl (C=O) groups is 2. The molecule has 0 aromatic heterocycles. The number of carbonyl (C=O) groups excluding carboxylic acids is 1. The van der Waals surface area contributed by atoms with Gasteiger partial charge in [0, 0.05) is 11.8 Å². The third kappa shape index (κ3) is 4.19. The summed E-state index contributed by atoms with van der Waals surface area (Å²) in [5.74, 6) is -1.27. The molecule has 17 heavy (non-hydrogen) atoms. The normalized spacial score (nSPS) is 10.0. The van der Waals surface area contributed by atoms with Crippen LogP contribution in [0, 0.1) is 0 Å². The van der Waals surface area contributed by atoms with Gasteiger partial charge in [0.1, 0.15) is 0 Å². The van der Waals surface area contributed by atoms with Crippen molar-refractivity contribution in [3.63, 3.8) is 0 Å². The summed E-state index contributed by atoms with van der Waals surface area (Å²) in [6.45, 7) is 0. The Balaban J connectivity index is 2.96. The predicted octanol–water partition coefficient (Wildman–Crippen LogP) is 2.39. The molecule has 4 nitrogen and oxygen atoms in total. The first-order valence-electron chi connectivity index (χ1n) is 5.05. The fourth-order valence-corrected chi connectivity index (χ4v) is 1.79. The lowest BCUT2D eigenvalue weighted by Crippen LogP contribution is -2.04. The van der Waals surface area contributed by atoms with E-state index >= 15 is 0 Å². The number of ether oxygens (including phenoxy) is 1. The monoisotopic (exact) mass is 300 g/mol. The molecule has 0 amide bonds. The molecule has 1 N–H and O–H groups in total. The van der Waals surface area contributed by atoms with Crippen LogP contribution in [0.4, 0.5) is 0 Å². The third-order valence-corrected chi connectivity index (χ3v) is 2.90. The van der Waals surface area contributed by atoms with Gasteiger partial charge in [0.2, 0.25) is 0 Å². The van der Waals surface area contributed by atoms with Gasteiger partial charge < -0.3 is 9.84 Å². The van der Waals surface area contributed by atoms with Crippen LogP contribution in [-0.2, 0) is 21.3 Å². The van der Waals surface area contributed by atoms with Crippen molar-refractivity contribution in [2.45, 2.75) is 18.2 Å². The lowest BCUT2D eigenvalue weighted by atomic mass is 10.0. The number of carboxylic acid groups (broad SMARTS) is 1. The van der Waals surface area contributed by atoms with E-state index in [0.717, 1.165) is 11.1 Å². The molecule has 0 saturated heterocycles. The zero-order chi connectivity index (χ0) is 12.8. The van der Waals surface area contributed by atoms with Gasteiger partial charge in [0.25, 0.3) is 0 Å². The van der Waals surface area contributed by atoms with Crippen LogP contribution in [-0.4, -0.2) is 24.2 Å². The van der Waals surface area contributed by atoms with Crippen LogP contribution in [0.1, 0.15) is 27.9 Å². The second-order valence-corrected chi connectivity index (χ2v) is 4.12. The van der Waals surface area contributed by atoms with Gasteiger partial charge in [-0.25, -0.2) is 4.79 Å². The van der Waals surface area contributed by atoms with Crippen molar-refractivity contribution in [3.8, 4) is 0 Å². The van der Waals surface area contributed by atoms with Gasteiger partial charge in [-0.3, -0.25) is 4.79 Å². The summed E-state index contributed by atoms with van der Waals surface area (Å²) in [5.41, 5.74) is 2.20. The van der Waals surface area contributed by atoms with Gasteiger partial charge in [-0.1, -0.05) is 22.0 Å². The Labute approximate surface area is 108 Å². The topological polar surface area (TPSA) is 63.6 Å². The summed E-state index contributed by atoms with van der Waals surface area (Å²) < 4.78 is 4.65. The van der Waals surface area contributed by atoms with Crippen molar-refractivity contribution in [2.24, 2.45) is 0 Å². The van der Waals surface area contributed by atoms with E-state index in [9.17, 15) is 9.59 Å². The highest BCUT2D eigenvalue weighted by atomic mass is 79.9. The first kappa shape index (κ1) is 13.7. The summed E-state index contributed by atoms with van der Waals surface area (Å²) in [7, 11) is 1.32. The maximum atomic E-state index is 11.4. The first-order valence-corrected chi connectivity index (χ1v) is 6.18. The summed E-state index contributed by atoms with van der Waals surface area (Å²) in [4.78, 5) is 21.9. The fraction of sp³-hybridized carbons (Fsp3) is 0.333. The Morgan fingerprint density at radius 1 is 1.29 bits per heavy atom. The van der Waals surface area contributed by atoms with Gasteiger partial charge >= 0.3 is 11.9 Å². The molecule has 5 heteroatoms. The predicted molar refractivity (Wildman–Crippen MR) is 66.4 cm³/mol. The van der Waals surface area contributed by atoms with Crippen molar-refractivity contribution in [1.29, 1.82) is 0 Å². The molecule has 0 aliphatic rings. The van der Waals surface area contributed by atoms with Crippen molar-refractivity contribution in [3.05, 3.63) is 34.9 Å². The molecule has 0 saturated carbocycles. The van der Waals surface area contributed by atoms with Crippen LogP contribution in [0.5, 0.6) is 0 Å². The Bertz CT molecular complexity index is 429. The quantitative estimate of drug-likeness (QED) is 0.670. The van der Waals surface area contributed by atoms with E-state index in [0.29, 0.717) is 17.3 Å². The summed E-state index contributed by atoms with van der Waals surface area (Å²) >= 11 is 3.31. The number of benzene rings is 1. The SMILES string of the molecule is COC(=O)c1cc(CBr)cc(CCC(=O)O)c1. The molecule has 1 aromatic rings. The number of aryl methyl sites for hydroxylation is 1. The lowest BCUT2D eigenvalue weighted by Gasteiger charge is -2.06. The van der Waals surface area contributed by atoms with Crippen molar-refractivity contribution < 1.29 is 19.4 Å². The van der Waals surface area contributed by atoms with Crippen molar-refractivity contribution in [1.82, 2.24) is 0 Å². The molecule has 0 heterocycles. The Hall–Kier alpha value is -1.36. The van der Waals surface area contributed by atoms with Crippen LogP contribution in [0.2, 0.25) is 0 Å². The molecular weight excluding hydrogens is 288 g/mol. The van der Waals surface area contributed by atoms with Gasteiger partial charge in [-0.15, -0.1) is 0 Å². The largest absolute Gasteiger partial charge is 0.481 e. The molecule has 92 valence electrons. The fourth-order valence-electron chi connectivity index (χ4n) is 1.47. The molecule has 0 fully saturated rings. The minimum Gasteiger partial charge on any atom is -0.481 e. The number of carboxylic acids is 1. The van der Waals surface area contributed by atoms with Gasteiger partial charge in [0.05, 0.1) is 12.7 Å². The second kappa shape index (κ2) is 6.39. The Morgan fingerprint density at radius 3 is 2.47 bits per heavy atom. The minimum absolute atomic E-state index is 0.0480. The number of rotatable bonds is 5. The molecule has 0 atom stereocenters. The number of hydrogen-bond donors (Lipinski definition) is 1. The number of esters is 1. The van der Waals surface area contributed by atoms with E-state index in [1.54, 1.807) is 12.1 Å². The highest BCUT2D eigenvalue weighted by Gasteiger charge is 2.09. The number of alkyl halides is 1. The summed E-state index contributed by atoms with van der Waals surface area (Å²) in [5, 5.41) is 9.23. The van der Waals surface area contributed by atoms with Crippen LogP contribution in [0.3, 0.4) is 0 Å². The lowest BCUT2D eigenvalue weighted by molar-refractivity contribution is -0.136. The summed E-state index contributed by atoms with van der Waals surface area (Å²) in [6, 6.07) is 5.27. The zero-order valence-corrected chi connectivity index (χ0v) is 11.0. The van der Waals surface area contributed by atoms with Crippen molar-refractivity contribution in [2.75, 3.05) is 7.11 Å². The first-order chi connectivity index (χ1) is 8.06. The van der Waals surface area contributed by atoms with Crippen LogP contribution in [0.25, 0.3) is 0 Å². The van der Waals surface area contributed by atoms with E-state index in [4.69, 9.17) is 5.11 Å². The molecule has 1 aromatic carbocycles. The van der Waals surface area contributed by atoms with Crippen LogP contribution in [0.15, 0.2) is 18.2 Å². The van der Waals surface area contributed by atoms with E-state index in [2.05, 4.69) is 20.7 Å². The van der Waals surface area contributed by atoms with E-state index in [-0.39, 0.29) is 6.42 Å². The third-order valence-electron chi connectivity index (χ3n) is 2.26. The molecule has 0 unspecified atom stereocenters. The smallest absolute Gasteiger partial charge is 0.337 e. The standard InChI is InChI=1S/C12H13BrO4/c1-17-12(16)10-5-8(2-3-11(14)15)4-9(6-10)7-13/h4-6H,2-3,7H2,1H3,(H,14,15). The average Bonchev–Trinajstić information content (AvgIpc) is 2.34. The molecule has 0 aliphatic heterocycles. The Kier molecular flexibility index (Phi) is 5.15. The summed E-state index contributed by atoms with van der Waals surface area (Å²) in [6.07, 6.45) is 0.451. The number of halogens is 1. The molecule has 1 rings (SSSR count). The Morgan fingerprint density at radius 2 is 1.94 bits per heavy atom. The van der Waals surface area contributed by atoms with E-state index < -0.39 is 11.9 Å².